The molecule has 0 saturated carbocycles. The van der Waals surface area contributed by atoms with Crippen LogP contribution < -0.4 is 18.5 Å². The number of methoxy groups -OCH3 is 2. The molecule has 1 unspecified atom stereocenters. The van der Waals surface area contributed by atoms with Crippen LogP contribution >= 0.6 is 27.0 Å². The Kier molecular flexibility index (Phi) is 10.2. The zero-order chi connectivity index (χ0) is 35.3. The highest BCUT2D eigenvalue weighted by molar-refractivity contribution is 7.79. The first-order valence-corrected chi connectivity index (χ1v) is 19.7. The Bertz CT molecular complexity index is 1980. The molecule has 0 fully saturated rings. The molecule has 0 spiro atoms. The Morgan fingerprint density at radius 3 is 1.44 bits per heavy atom. The molecule has 0 bridgehead atoms. The lowest BCUT2D eigenvalue weighted by Crippen LogP contribution is -2.15. The fourth-order valence-corrected chi connectivity index (χ4v) is 8.00. The first kappa shape index (κ1) is 36.0. The summed E-state index contributed by atoms with van der Waals surface area (Å²) in [4.78, 5) is 0. The SMILES string of the molecule is COc1cc(-c2cc(OC)cc(C(C)(C)C)c2Op2oc3c(C)cc(C)cc3c3cc(C)cc(C)c3o2)c(OP(C)Cl)c(C(C)(C)C)c1. The predicted octanol–water partition coefficient (Wildman–Crippen LogP) is 13.2. The highest BCUT2D eigenvalue weighted by Crippen LogP contribution is 2.54. The van der Waals surface area contributed by atoms with Crippen LogP contribution in [0.25, 0.3) is 33.1 Å². The molecule has 1 atom stereocenters. The van der Waals surface area contributed by atoms with Crippen LogP contribution in [0.2, 0.25) is 0 Å². The van der Waals surface area contributed by atoms with Crippen molar-refractivity contribution in [3.63, 3.8) is 0 Å². The average Bonchev–Trinajstić information content (AvgIpc) is 3.13. The van der Waals surface area contributed by atoms with Gasteiger partial charge in [-0.3, -0.25) is 0 Å². The number of hydrogen-bond acceptors (Lipinski definition) is 6. The molecule has 5 aromatic rings. The first-order chi connectivity index (χ1) is 22.4. The molecule has 48 heavy (non-hydrogen) atoms. The Morgan fingerprint density at radius 1 is 0.625 bits per heavy atom. The Hall–Kier alpha value is -3.30. The zero-order valence-electron chi connectivity index (χ0n) is 30.3. The summed E-state index contributed by atoms with van der Waals surface area (Å²) in [5, 5.41) is 1.98. The van der Waals surface area contributed by atoms with E-state index in [9.17, 15) is 0 Å². The molecule has 256 valence electrons. The van der Waals surface area contributed by atoms with E-state index in [-0.39, 0.29) is 10.8 Å². The minimum atomic E-state index is -1.99. The first-order valence-electron chi connectivity index (χ1n) is 16.0. The largest absolute Gasteiger partial charge is 0.497 e. The van der Waals surface area contributed by atoms with Crippen molar-refractivity contribution in [1.82, 2.24) is 0 Å². The van der Waals surface area contributed by atoms with Crippen LogP contribution in [-0.2, 0) is 10.8 Å². The number of halogens is 1. The van der Waals surface area contributed by atoms with E-state index in [4.69, 9.17) is 38.2 Å². The molecule has 1 heterocycles. The van der Waals surface area contributed by atoms with Gasteiger partial charge in [-0.2, -0.15) is 0 Å². The van der Waals surface area contributed by atoms with Crippen molar-refractivity contribution in [3.8, 4) is 34.1 Å². The van der Waals surface area contributed by atoms with Gasteiger partial charge in [0.25, 0.3) is 0 Å². The molecule has 0 aliphatic rings. The fourth-order valence-electron chi connectivity index (χ4n) is 6.11. The van der Waals surface area contributed by atoms with Crippen molar-refractivity contribution < 1.29 is 26.9 Å². The lowest BCUT2D eigenvalue weighted by molar-refractivity contribution is 0.409. The monoisotopic (exact) mass is 708 g/mol. The lowest BCUT2D eigenvalue weighted by atomic mass is 9.81. The summed E-state index contributed by atoms with van der Waals surface area (Å²) in [5.41, 5.74) is 8.60. The second kappa shape index (κ2) is 13.5. The summed E-state index contributed by atoms with van der Waals surface area (Å²) in [6.45, 7) is 23.1. The second-order valence-electron chi connectivity index (χ2n) is 14.5. The average molecular weight is 709 g/mol. The molecule has 9 heteroatoms. The Labute approximate surface area is 291 Å². The number of rotatable bonds is 7. The number of ether oxygens (including phenoxy) is 2. The summed E-state index contributed by atoms with van der Waals surface area (Å²) >= 11 is 6.61. The van der Waals surface area contributed by atoms with Crippen molar-refractivity contribution in [2.75, 3.05) is 20.9 Å². The molecule has 0 amide bonds. The van der Waals surface area contributed by atoms with Crippen LogP contribution in [-0.4, -0.2) is 20.9 Å². The van der Waals surface area contributed by atoms with E-state index in [1.165, 1.54) is 0 Å². The quantitative estimate of drug-likeness (QED) is 0.157. The standard InChI is InChI=1S/C39H47ClO6P2/c1-22-14-24(3)34-28(16-22)29-17-23(2)15-25(4)35(29)45-48(44-34)46-37-31(19-27(42-12)21-33(37)39(8,9)10)30-18-26(41-11)20-32(38(5,6)7)36(30)43-47(13)40/h14-21H,1-13H3. The van der Waals surface area contributed by atoms with E-state index in [1.807, 2.05) is 30.9 Å². The van der Waals surface area contributed by atoms with Crippen molar-refractivity contribution in [2.45, 2.75) is 80.1 Å². The predicted molar refractivity (Wildman–Crippen MR) is 203 cm³/mol. The van der Waals surface area contributed by atoms with Gasteiger partial charge in [0.15, 0.2) is 7.50 Å². The van der Waals surface area contributed by atoms with Gasteiger partial charge in [0.05, 0.1) is 14.2 Å². The summed E-state index contributed by atoms with van der Waals surface area (Å²) < 4.78 is 38.8. The maximum absolute atomic E-state index is 7.06. The molecular formula is C39H47ClO6P2. The lowest BCUT2D eigenvalue weighted by Gasteiger charge is -2.28. The van der Waals surface area contributed by atoms with Gasteiger partial charge in [-0.25, -0.2) is 0 Å². The fraction of sp³-hybridized carbons (Fsp3) is 0.385. The van der Waals surface area contributed by atoms with E-state index in [0.29, 0.717) is 23.0 Å². The van der Waals surface area contributed by atoms with Crippen molar-refractivity contribution in [2.24, 2.45) is 0 Å². The van der Waals surface area contributed by atoms with Crippen molar-refractivity contribution in [3.05, 3.63) is 81.9 Å². The van der Waals surface area contributed by atoms with Gasteiger partial charge in [-0.15, -0.1) is 0 Å². The maximum Gasteiger partial charge on any atom is 0.453 e. The van der Waals surface area contributed by atoms with Crippen LogP contribution in [0.4, 0.5) is 0 Å². The number of fused-ring (bicyclic) bond motifs is 3. The van der Waals surface area contributed by atoms with Crippen LogP contribution in [0, 0.1) is 27.7 Å². The van der Waals surface area contributed by atoms with E-state index in [2.05, 4.69) is 93.5 Å². The number of benzene rings is 4. The molecule has 4 aromatic carbocycles. The molecule has 1 aromatic heterocycles. The third-order valence-corrected chi connectivity index (χ3v) is 9.98. The third-order valence-electron chi connectivity index (χ3n) is 8.35. The molecule has 0 saturated heterocycles. The molecule has 5 rings (SSSR count). The van der Waals surface area contributed by atoms with Gasteiger partial charge in [-0.05, 0) is 97.2 Å². The molecule has 6 nitrogen and oxygen atoms in total. The van der Waals surface area contributed by atoms with Gasteiger partial charge < -0.3 is 26.9 Å². The van der Waals surface area contributed by atoms with Gasteiger partial charge in [0, 0.05) is 39.7 Å². The summed E-state index contributed by atoms with van der Waals surface area (Å²) in [5.74, 6) is 2.66. The molecule has 0 radical (unpaired) electrons. The topological polar surface area (TPSA) is 63.2 Å². The molecule has 0 aliphatic carbocycles. The van der Waals surface area contributed by atoms with Crippen LogP contribution in [0.15, 0.2) is 56.9 Å². The van der Waals surface area contributed by atoms with Gasteiger partial charge in [0.1, 0.15) is 34.2 Å². The van der Waals surface area contributed by atoms with Gasteiger partial charge >= 0.3 is 8.24 Å². The maximum atomic E-state index is 7.06. The second-order valence-corrected chi connectivity index (χ2v) is 18.0. The van der Waals surface area contributed by atoms with Crippen molar-refractivity contribution >= 4 is 48.9 Å². The van der Waals surface area contributed by atoms with Crippen LogP contribution in [0.3, 0.4) is 0 Å². The van der Waals surface area contributed by atoms with Crippen LogP contribution in [0.1, 0.15) is 74.9 Å². The normalized spacial score (nSPS) is 12.7. The van der Waals surface area contributed by atoms with Gasteiger partial charge in [0.2, 0.25) is 0 Å². The van der Waals surface area contributed by atoms with Gasteiger partial charge in [-0.1, -0.05) is 64.9 Å². The van der Waals surface area contributed by atoms with Crippen molar-refractivity contribution in [1.29, 1.82) is 0 Å². The Morgan fingerprint density at radius 2 is 1.04 bits per heavy atom. The summed E-state index contributed by atoms with van der Waals surface area (Å²) in [6, 6.07) is 16.6. The smallest absolute Gasteiger partial charge is 0.453 e. The van der Waals surface area contributed by atoms with E-state index in [0.717, 1.165) is 66.4 Å². The summed E-state index contributed by atoms with van der Waals surface area (Å²) in [6.07, 6.45) is 0. The number of aryl methyl sites for hydroxylation is 4. The molecule has 0 aliphatic heterocycles. The third kappa shape index (κ3) is 7.32. The zero-order valence-corrected chi connectivity index (χ0v) is 32.9. The highest BCUT2D eigenvalue weighted by atomic mass is 35.7. The Balaban J connectivity index is 1.94. The van der Waals surface area contributed by atoms with E-state index >= 15 is 0 Å². The minimum absolute atomic E-state index is 0.288. The van der Waals surface area contributed by atoms with E-state index < -0.39 is 15.7 Å². The highest BCUT2D eigenvalue weighted by Gasteiger charge is 2.31. The summed E-state index contributed by atoms with van der Waals surface area (Å²) in [7, 11) is 0.0666. The molecular weight excluding hydrogens is 662 g/mol. The number of hydrogen-bond donors (Lipinski definition) is 0. The van der Waals surface area contributed by atoms with E-state index in [1.54, 1.807) is 14.2 Å². The minimum Gasteiger partial charge on any atom is -0.497 e. The molecule has 0 N–H and O–H groups in total. The van der Waals surface area contributed by atoms with Crippen LogP contribution in [0.5, 0.6) is 23.0 Å².